The van der Waals surface area contributed by atoms with Gasteiger partial charge in [0.15, 0.2) is 5.84 Å². The number of hydrogen-bond donors (Lipinski definition) is 1. The Morgan fingerprint density at radius 1 is 0.460 bits per heavy atom. The summed E-state index contributed by atoms with van der Waals surface area (Å²) in [5.74, 6) is 3.22. The molecule has 50 heavy (non-hydrogen) atoms. The molecule has 0 saturated carbocycles. The molecule has 10 rings (SSSR count). The van der Waals surface area contributed by atoms with Gasteiger partial charge in [-0.05, 0) is 57.1 Å². The van der Waals surface area contributed by atoms with Crippen LogP contribution in [-0.2, 0) is 5.41 Å². The van der Waals surface area contributed by atoms with Crippen LogP contribution < -0.4 is 10.1 Å². The second-order valence-electron chi connectivity index (χ2n) is 13.0. The molecule has 2 heterocycles. The Hall–Kier alpha value is -6.52. The van der Waals surface area contributed by atoms with Crippen molar-refractivity contribution in [3.8, 4) is 33.8 Å². The van der Waals surface area contributed by atoms with Crippen molar-refractivity contribution in [2.45, 2.75) is 11.6 Å². The van der Waals surface area contributed by atoms with Crippen molar-refractivity contribution in [1.29, 1.82) is 0 Å². The van der Waals surface area contributed by atoms with Gasteiger partial charge in [-0.25, -0.2) is 9.98 Å². The van der Waals surface area contributed by atoms with Crippen LogP contribution >= 0.6 is 0 Å². The van der Waals surface area contributed by atoms with Gasteiger partial charge in [0.25, 0.3) is 0 Å². The molecule has 4 heteroatoms. The summed E-state index contributed by atoms with van der Waals surface area (Å²) < 4.78 is 6.69. The Labute approximate surface area is 291 Å². The normalized spacial score (nSPS) is 16.1. The first-order chi connectivity index (χ1) is 24.8. The SMILES string of the molecule is c1ccc(C2=NC(c3ccc4c(c3)C3(c5ccccc5O4)c4ccccc4-c4ccccc43)NC(c3ccc(-c4ccccc4)cc3)=N2)cc1. The molecule has 1 atom stereocenters. The van der Waals surface area contributed by atoms with Crippen LogP contribution in [-0.4, -0.2) is 11.7 Å². The van der Waals surface area contributed by atoms with Crippen LogP contribution in [0, 0.1) is 0 Å². The quantitative estimate of drug-likeness (QED) is 0.208. The van der Waals surface area contributed by atoms with Crippen molar-refractivity contribution < 1.29 is 4.74 Å². The average Bonchev–Trinajstić information content (AvgIpc) is 3.49. The van der Waals surface area contributed by atoms with E-state index < -0.39 is 5.41 Å². The van der Waals surface area contributed by atoms with E-state index in [0.29, 0.717) is 5.84 Å². The van der Waals surface area contributed by atoms with Crippen LogP contribution in [0.4, 0.5) is 0 Å². The Morgan fingerprint density at radius 3 is 1.70 bits per heavy atom. The second kappa shape index (κ2) is 11.3. The molecule has 2 aliphatic heterocycles. The van der Waals surface area contributed by atoms with Crippen molar-refractivity contribution in [3.05, 3.63) is 215 Å². The van der Waals surface area contributed by atoms with Gasteiger partial charge in [-0.2, -0.15) is 0 Å². The summed E-state index contributed by atoms with van der Waals surface area (Å²) in [7, 11) is 0. The predicted molar refractivity (Wildman–Crippen MR) is 201 cm³/mol. The van der Waals surface area contributed by atoms with Crippen LogP contribution in [0.3, 0.4) is 0 Å². The standard InChI is InChI=1S/C46H31N3O/c1-3-13-30(14-4-1)31-23-25-33(26-24-31)44-47-43(32-15-5-2-6-16-32)48-45(49-44)34-27-28-42-40(29-34)46(39-21-11-12-22-41(39)50-42)37-19-9-7-17-35(37)36-18-8-10-20-38(36)46/h1-29,45H,(H,47,48,49). The number of amidine groups is 2. The molecule has 0 saturated heterocycles. The number of aliphatic imine (C=N–C) groups is 2. The van der Waals surface area contributed by atoms with Crippen molar-refractivity contribution >= 4 is 11.7 Å². The lowest BCUT2D eigenvalue weighted by Crippen LogP contribution is -2.35. The highest BCUT2D eigenvalue weighted by atomic mass is 16.5. The Morgan fingerprint density at radius 2 is 1.00 bits per heavy atom. The first-order valence-electron chi connectivity index (χ1n) is 17.0. The molecule has 0 aromatic heterocycles. The minimum Gasteiger partial charge on any atom is -0.457 e. The van der Waals surface area contributed by atoms with E-state index in [1.54, 1.807) is 0 Å². The van der Waals surface area contributed by atoms with E-state index in [-0.39, 0.29) is 6.17 Å². The van der Waals surface area contributed by atoms with Crippen LogP contribution in [0.2, 0.25) is 0 Å². The van der Waals surface area contributed by atoms with E-state index in [1.165, 1.54) is 27.8 Å². The summed E-state index contributed by atoms with van der Waals surface area (Å²) in [6, 6.07) is 61.9. The van der Waals surface area contributed by atoms with E-state index in [9.17, 15) is 0 Å². The van der Waals surface area contributed by atoms with Gasteiger partial charge >= 0.3 is 0 Å². The van der Waals surface area contributed by atoms with E-state index in [1.807, 2.05) is 24.3 Å². The predicted octanol–water partition coefficient (Wildman–Crippen LogP) is 10.3. The number of benzene rings is 7. The van der Waals surface area contributed by atoms with Gasteiger partial charge in [-0.1, -0.05) is 158 Å². The minimum atomic E-state index is -0.543. The summed E-state index contributed by atoms with van der Waals surface area (Å²) in [4.78, 5) is 10.3. The maximum absolute atomic E-state index is 6.69. The Balaban J connectivity index is 1.13. The molecule has 7 aromatic carbocycles. The zero-order valence-corrected chi connectivity index (χ0v) is 27.1. The highest BCUT2D eigenvalue weighted by molar-refractivity contribution is 6.13. The number of nitrogens with one attached hydrogen (secondary N) is 1. The fraction of sp³-hybridized carbons (Fsp3) is 0.0435. The molecule has 3 aliphatic rings. The molecule has 1 unspecified atom stereocenters. The number of fused-ring (bicyclic) bond motifs is 9. The Bertz CT molecular complexity index is 2440. The highest BCUT2D eigenvalue weighted by Gasteiger charge is 2.51. The number of nitrogens with zero attached hydrogens (tertiary/aromatic N) is 2. The molecule has 1 aliphatic carbocycles. The lowest BCUT2D eigenvalue weighted by atomic mass is 9.66. The van der Waals surface area contributed by atoms with Gasteiger partial charge in [0.05, 0.1) is 5.41 Å². The van der Waals surface area contributed by atoms with E-state index in [2.05, 4.69) is 157 Å². The first kappa shape index (κ1) is 28.5. The van der Waals surface area contributed by atoms with Crippen molar-refractivity contribution in [2.24, 2.45) is 9.98 Å². The summed E-state index contributed by atoms with van der Waals surface area (Å²) >= 11 is 0. The molecule has 0 radical (unpaired) electrons. The summed E-state index contributed by atoms with van der Waals surface area (Å²) in [6.07, 6.45) is -0.377. The molecule has 1 N–H and O–H groups in total. The fourth-order valence-electron chi connectivity index (χ4n) is 7.98. The topological polar surface area (TPSA) is 46.0 Å². The van der Waals surface area contributed by atoms with Crippen LogP contribution in [0.15, 0.2) is 186 Å². The fourth-order valence-corrected chi connectivity index (χ4v) is 7.98. The molecular weight excluding hydrogens is 611 g/mol. The first-order valence-corrected chi connectivity index (χ1v) is 17.0. The monoisotopic (exact) mass is 641 g/mol. The summed E-state index contributed by atoms with van der Waals surface area (Å²) in [5.41, 5.74) is 12.1. The third-order valence-electron chi connectivity index (χ3n) is 10.2. The van der Waals surface area contributed by atoms with Gasteiger partial charge in [-0.15, -0.1) is 0 Å². The zero-order valence-electron chi connectivity index (χ0n) is 27.1. The van der Waals surface area contributed by atoms with Crippen molar-refractivity contribution in [3.63, 3.8) is 0 Å². The number of rotatable bonds is 4. The molecule has 7 aromatic rings. The van der Waals surface area contributed by atoms with Gasteiger partial charge in [-0.3, -0.25) is 0 Å². The average molecular weight is 642 g/mol. The zero-order chi connectivity index (χ0) is 33.1. The smallest absolute Gasteiger partial charge is 0.159 e. The number of ether oxygens (including phenoxy) is 1. The lowest BCUT2D eigenvalue weighted by molar-refractivity contribution is 0.435. The maximum Gasteiger partial charge on any atom is 0.159 e. The molecule has 0 amide bonds. The van der Waals surface area contributed by atoms with E-state index >= 15 is 0 Å². The van der Waals surface area contributed by atoms with E-state index in [4.69, 9.17) is 14.7 Å². The van der Waals surface area contributed by atoms with Crippen LogP contribution in [0.25, 0.3) is 22.3 Å². The second-order valence-corrected chi connectivity index (χ2v) is 13.0. The van der Waals surface area contributed by atoms with Crippen LogP contribution in [0.5, 0.6) is 11.5 Å². The van der Waals surface area contributed by atoms with Gasteiger partial charge < -0.3 is 10.1 Å². The van der Waals surface area contributed by atoms with Gasteiger partial charge in [0.1, 0.15) is 23.5 Å². The lowest BCUT2D eigenvalue weighted by Gasteiger charge is -2.40. The molecule has 1 spiro atoms. The maximum atomic E-state index is 6.69. The molecule has 0 bridgehead atoms. The molecular formula is C46H31N3O. The van der Waals surface area contributed by atoms with Gasteiger partial charge in [0, 0.05) is 22.3 Å². The number of para-hydroxylation sites is 1. The van der Waals surface area contributed by atoms with E-state index in [0.717, 1.165) is 50.7 Å². The van der Waals surface area contributed by atoms with Crippen molar-refractivity contribution in [2.75, 3.05) is 0 Å². The Kier molecular flexibility index (Phi) is 6.43. The summed E-state index contributed by atoms with van der Waals surface area (Å²) in [6.45, 7) is 0. The third-order valence-corrected chi connectivity index (χ3v) is 10.2. The highest BCUT2D eigenvalue weighted by Crippen LogP contribution is 2.62. The number of hydrogen-bond acceptors (Lipinski definition) is 4. The van der Waals surface area contributed by atoms with Crippen LogP contribution in [0.1, 0.15) is 45.1 Å². The molecule has 0 fully saturated rings. The van der Waals surface area contributed by atoms with Crippen molar-refractivity contribution in [1.82, 2.24) is 5.32 Å². The molecule has 4 nitrogen and oxygen atoms in total. The largest absolute Gasteiger partial charge is 0.457 e. The minimum absolute atomic E-state index is 0.377. The summed E-state index contributed by atoms with van der Waals surface area (Å²) in [5, 5.41) is 3.71. The molecule has 236 valence electrons. The van der Waals surface area contributed by atoms with Gasteiger partial charge in [0.2, 0.25) is 0 Å². The third kappa shape index (κ3) is 4.32.